The molecule has 2 nitrogen and oxygen atoms in total. The van der Waals surface area contributed by atoms with E-state index in [1.165, 1.54) is 12.1 Å². The molecular formula is C14H10F4N2. The SMILES string of the molecule is Nc1cc(C(F)(F)F)nc2c1CCc1ccc(F)cc1-2. The van der Waals surface area contributed by atoms with Crippen molar-refractivity contribution < 1.29 is 17.6 Å². The molecule has 2 N–H and O–H groups in total. The minimum atomic E-state index is -4.58. The summed E-state index contributed by atoms with van der Waals surface area (Å²) in [4.78, 5) is 3.66. The number of nitrogens with two attached hydrogens (primary N) is 1. The number of nitrogens with zero attached hydrogens (tertiary/aromatic N) is 1. The Morgan fingerprint density at radius 2 is 1.85 bits per heavy atom. The molecule has 0 radical (unpaired) electrons. The maximum Gasteiger partial charge on any atom is 0.433 e. The van der Waals surface area contributed by atoms with E-state index in [0.717, 1.165) is 11.6 Å². The largest absolute Gasteiger partial charge is 0.433 e. The Balaban J connectivity index is 2.27. The van der Waals surface area contributed by atoms with Gasteiger partial charge in [-0.25, -0.2) is 9.37 Å². The number of hydrogen-bond acceptors (Lipinski definition) is 2. The number of halogens is 4. The van der Waals surface area contributed by atoms with Crippen LogP contribution in [0.5, 0.6) is 0 Å². The average molecular weight is 282 g/mol. The van der Waals surface area contributed by atoms with E-state index in [9.17, 15) is 17.6 Å². The molecule has 0 saturated carbocycles. The van der Waals surface area contributed by atoms with Crippen molar-refractivity contribution in [3.8, 4) is 11.3 Å². The van der Waals surface area contributed by atoms with Crippen molar-refractivity contribution >= 4 is 5.69 Å². The molecule has 1 aliphatic carbocycles. The summed E-state index contributed by atoms with van der Waals surface area (Å²) in [6.45, 7) is 0. The van der Waals surface area contributed by atoms with Gasteiger partial charge in [0.05, 0.1) is 5.69 Å². The molecule has 1 heterocycles. The van der Waals surface area contributed by atoms with Crippen LogP contribution in [0.1, 0.15) is 16.8 Å². The molecule has 20 heavy (non-hydrogen) atoms. The van der Waals surface area contributed by atoms with Gasteiger partial charge in [-0.3, -0.25) is 0 Å². The lowest BCUT2D eigenvalue weighted by atomic mass is 9.88. The van der Waals surface area contributed by atoms with E-state index in [0.29, 0.717) is 24.0 Å². The van der Waals surface area contributed by atoms with Crippen LogP contribution in [0, 0.1) is 5.82 Å². The van der Waals surface area contributed by atoms with Crippen LogP contribution in [0.2, 0.25) is 0 Å². The summed E-state index contributed by atoms with van der Waals surface area (Å²) < 4.78 is 51.7. The molecule has 0 aliphatic heterocycles. The fourth-order valence-corrected chi connectivity index (χ4v) is 2.47. The predicted octanol–water partition coefficient (Wildman–Crippen LogP) is 3.59. The van der Waals surface area contributed by atoms with Gasteiger partial charge in [0.2, 0.25) is 0 Å². The van der Waals surface area contributed by atoms with Crippen molar-refractivity contribution in [1.82, 2.24) is 4.98 Å². The summed E-state index contributed by atoms with van der Waals surface area (Å²) in [5.74, 6) is -0.505. The Labute approximate surface area is 112 Å². The highest BCUT2D eigenvalue weighted by molar-refractivity contribution is 5.75. The zero-order valence-electron chi connectivity index (χ0n) is 10.3. The lowest BCUT2D eigenvalue weighted by molar-refractivity contribution is -0.141. The van der Waals surface area contributed by atoms with Crippen LogP contribution in [0.3, 0.4) is 0 Å². The number of fused-ring (bicyclic) bond motifs is 3. The van der Waals surface area contributed by atoms with Crippen LogP contribution in [-0.4, -0.2) is 4.98 Å². The van der Waals surface area contributed by atoms with Gasteiger partial charge in [0, 0.05) is 16.8 Å². The number of pyridine rings is 1. The standard InChI is InChI=1S/C14H10F4N2/c15-8-3-1-7-2-4-9-11(19)6-12(14(16,17)18)20-13(9)10(7)5-8/h1,3,5-6H,2,4H2,(H2,19,20). The molecule has 1 aromatic heterocycles. The number of nitrogen functional groups attached to an aromatic ring is 1. The fourth-order valence-electron chi connectivity index (χ4n) is 2.47. The minimum Gasteiger partial charge on any atom is -0.398 e. The van der Waals surface area contributed by atoms with Gasteiger partial charge in [0.1, 0.15) is 11.5 Å². The maximum absolute atomic E-state index is 13.3. The number of anilines is 1. The minimum absolute atomic E-state index is 0.0530. The molecule has 0 spiro atoms. The highest BCUT2D eigenvalue weighted by Crippen LogP contribution is 2.38. The summed E-state index contributed by atoms with van der Waals surface area (Å²) in [7, 11) is 0. The van der Waals surface area contributed by atoms with E-state index in [-0.39, 0.29) is 11.4 Å². The van der Waals surface area contributed by atoms with Crippen molar-refractivity contribution in [3.63, 3.8) is 0 Å². The van der Waals surface area contributed by atoms with Gasteiger partial charge >= 0.3 is 6.18 Å². The molecule has 104 valence electrons. The molecular weight excluding hydrogens is 272 g/mol. The van der Waals surface area contributed by atoms with Crippen molar-refractivity contribution in [3.05, 3.63) is 46.9 Å². The number of alkyl halides is 3. The van der Waals surface area contributed by atoms with Crippen LogP contribution in [0.25, 0.3) is 11.3 Å². The number of aryl methyl sites for hydroxylation is 1. The van der Waals surface area contributed by atoms with Crippen molar-refractivity contribution in [2.24, 2.45) is 0 Å². The number of aromatic nitrogens is 1. The highest BCUT2D eigenvalue weighted by Gasteiger charge is 2.35. The quantitative estimate of drug-likeness (QED) is 0.750. The molecule has 6 heteroatoms. The van der Waals surface area contributed by atoms with Gasteiger partial charge in [-0.2, -0.15) is 13.2 Å². The van der Waals surface area contributed by atoms with Gasteiger partial charge in [-0.1, -0.05) is 6.07 Å². The van der Waals surface area contributed by atoms with Crippen LogP contribution in [-0.2, 0) is 19.0 Å². The maximum atomic E-state index is 13.3. The van der Waals surface area contributed by atoms with Crippen molar-refractivity contribution in [1.29, 1.82) is 0 Å². The van der Waals surface area contributed by atoms with Gasteiger partial charge < -0.3 is 5.73 Å². The van der Waals surface area contributed by atoms with E-state index in [2.05, 4.69) is 4.98 Å². The molecule has 0 fully saturated rings. The van der Waals surface area contributed by atoms with Gasteiger partial charge in [0.15, 0.2) is 0 Å². The lowest BCUT2D eigenvalue weighted by Gasteiger charge is -2.22. The average Bonchev–Trinajstić information content (AvgIpc) is 2.37. The third-order valence-electron chi connectivity index (χ3n) is 3.42. The van der Waals surface area contributed by atoms with Gasteiger partial charge in [-0.05, 0) is 36.6 Å². The summed E-state index contributed by atoms with van der Waals surface area (Å²) in [6, 6.07) is 4.91. The summed E-state index contributed by atoms with van der Waals surface area (Å²) in [5, 5.41) is 0. The normalized spacial score (nSPS) is 13.8. The van der Waals surface area contributed by atoms with E-state index in [1.54, 1.807) is 6.07 Å². The Hall–Kier alpha value is -2.11. The van der Waals surface area contributed by atoms with Crippen LogP contribution in [0.15, 0.2) is 24.3 Å². The number of rotatable bonds is 0. The first-order chi connectivity index (χ1) is 9.36. The molecule has 2 aromatic rings. The molecule has 3 rings (SSSR count). The predicted molar refractivity (Wildman–Crippen MR) is 66.5 cm³/mol. The first kappa shape index (κ1) is 12.9. The van der Waals surface area contributed by atoms with Crippen LogP contribution in [0.4, 0.5) is 23.2 Å². The topological polar surface area (TPSA) is 38.9 Å². The second-order valence-electron chi connectivity index (χ2n) is 4.72. The molecule has 0 unspecified atom stereocenters. The second-order valence-corrected chi connectivity index (χ2v) is 4.72. The molecule has 0 saturated heterocycles. The summed E-state index contributed by atoms with van der Waals surface area (Å²) >= 11 is 0. The summed E-state index contributed by atoms with van der Waals surface area (Å²) in [6.07, 6.45) is -3.46. The highest BCUT2D eigenvalue weighted by atomic mass is 19.4. The molecule has 1 aromatic carbocycles. The smallest absolute Gasteiger partial charge is 0.398 e. The first-order valence-electron chi connectivity index (χ1n) is 6.01. The third kappa shape index (κ3) is 2.01. The molecule has 1 aliphatic rings. The number of hydrogen-bond donors (Lipinski definition) is 1. The molecule has 0 amide bonds. The molecule has 0 bridgehead atoms. The Kier molecular flexibility index (Phi) is 2.70. The summed E-state index contributed by atoms with van der Waals surface area (Å²) in [5.41, 5.74) is 6.57. The molecule has 0 atom stereocenters. The lowest BCUT2D eigenvalue weighted by Crippen LogP contribution is -2.15. The van der Waals surface area contributed by atoms with E-state index in [1.807, 2.05) is 0 Å². The van der Waals surface area contributed by atoms with Crippen molar-refractivity contribution in [2.75, 3.05) is 5.73 Å². The Morgan fingerprint density at radius 3 is 2.55 bits per heavy atom. The monoisotopic (exact) mass is 282 g/mol. The first-order valence-corrected chi connectivity index (χ1v) is 6.01. The second kappa shape index (κ2) is 4.19. The zero-order chi connectivity index (χ0) is 14.5. The van der Waals surface area contributed by atoms with E-state index in [4.69, 9.17) is 5.73 Å². The Bertz CT molecular complexity index is 692. The van der Waals surface area contributed by atoms with Crippen LogP contribution >= 0.6 is 0 Å². The van der Waals surface area contributed by atoms with Crippen LogP contribution < -0.4 is 5.73 Å². The number of benzene rings is 1. The van der Waals surface area contributed by atoms with Gasteiger partial charge in [0.25, 0.3) is 0 Å². The van der Waals surface area contributed by atoms with E-state index < -0.39 is 17.7 Å². The Morgan fingerprint density at radius 1 is 1.10 bits per heavy atom. The zero-order valence-corrected chi connectivity index (χ0v) is 10.3. The van der Waals surface area contributed by atoms with E-state index >= 15 is 0 Å². The third-order valence-corrected chi connectivity index (χ3v) is 3.42. The van der Waals surface area contributed by atoms with Crippen molar-refractivity contribution in [2.45, 2.75) is 19.0 Å². The van der Waals surface area contributed by atoms with Gasteiger partial charge in [-0.15, -0.1) is 0 Å². The fraction of sp³-hybridized carbons (Fsp3) is 0.214.